The first-order valence-electron chi connectivity index (χ1n) is 5.80. The van der Waals surface area contributed by atoms with Crippen molar-refractivity contribution < 1.29 is 4.79 Å². The Hall–Kier alpha value is -1.43. The molecule has 0 aromatic carbocycles. The van der Waals surface area contributed by atoms with Crippen molar-refractivity contribution >= 4 is 5.91 Å². The molecule has 0 aliphatic carbocycles. The number of hydrogen-bond donors (Lipinski definition) is 1. The van der Waals surface area contributed by atoms with E-state index < -0.39 is 0 Å². The van der Waals surface area contributed by atoms with Crippen molar-refractivity contribution in [2.75, 3.05) is 19.6 Å². The summed E-state index contributed by atoms with van der Waals surface area (Å²) >= 11 is 0. The molecule has 0 radical (unpaired) electrons. The number of nitrogens with zero attached hydrogens (tertiary/aromatic N) is 4. The van der Waals surface area contributed by atoms with E-state index in [0.29, 0.717) is 19.6 Å². The lowest BCUT2D eigenvalue weighted by Gasteiger charge is -2.31. The van der Waals surface area contributed by atoms with Crippen LogP contribution in [0.15, 0.2) is 12.4 Å². The zero-order chi connectivity index (χ0) is 12.9. The lowest BCUT2D eigenvalue weighted by Crippen LogP contribution is -2.43. The van der Waals surface area contributed by atoms with Gasteiger partial charge in [-0.05, 0) is 18.9 Å². The highest BCUT2D eigenvalue weighted by Crippen LogP contribution is 2.14. The van der Waals surface area contributed by atoms with Crippen LogP contribution in [-0.4, -0.2) is 45.4 Å². The SMILES string of the molecule is CCN(CC(C)(C)CN)C(=O)Cn1ccnn1. The monoisotopic (exact) mass is 239 g/mol. The molecule has 0 spiro atoms. The lowest BCUT2D eigenvalue weighted by atomic mass is 9.93. The van der Waals surface area contributed by atoms with Crippen LogP contribution in [0.2, 0.25) is 0 Å². The molecule has 0 aliphatic heterocycles. The van der Waals surface area contributed by atoms with Crippen molar-refractivity contribution in [1.29, 1.82) is 0 Å². The summed E-state index contributed by atoms with van der Waals surface area (Å²) in [5.74, 6) is 0.0412. The third kappa shape index (κ3) is 4.14. The number of amides is 1. The second kappa shape index (κ2) is 5.77. The molecular formula is C11H21N5O. The van der Waals surface area contributed by atoms with Gasteiger partial charge in [0.05, 0.1) is 6.20 Å². The van der Waals surface area contributed by atoms with Gasteiger partial charge in [0.25, 0.3) is 0 Å². The molecule has 1 rings (SSSR count). The molecule has 2 N–H and O–H groups in total. The Bertz CT molecular complexity index is 347. The van der Waals surface area contributed by atoms with Gasteiger partial charge in [-0.2, -0.15) is 0 Å². The topological polar surface area (TPSA) is 77.0 Å². The highest BCUT2D eigenvalue weighted by molar-refractivity contribution is 5.75. The van der Waals surface area contributed by atoms with E-state index in [2.05, 4.69) is 24.2 Å². The molecule has 96 valence electrons. The van der Waals surface area contributed by atoms with Gasteiger partial charge in [-0.15, -0.1) is 5.10 Å². The molecule has 0 unspecified atom stereocenters. The Morgan fingerprint density at radius 3 is 2.71 bits per heavy atom. The van der Waals surface area contributed by atoms with Crippen molar-refractivity contribution in [1.82, 2.24) is 19.9 Å². The number of carbonyl (C=O) groups is 1. The summed E-state index contributed by atoms with van der Waals surface area (Å²) < 4.78 is 1.53. The fourth-order valence-corrected chi connectivity index (χ4v) is 1.51. The number of carbonyl (C=O) groups excluding carboxylic acids is 1. The molecule has 1 aromatic heterocycles. The molecular weight excluding hydrogens is 218 g/mol. The second-order valence-corrected chi connectivity index (χ2v) is 4.88. The minimum atomic E-state index is -0.0615. The molecule has 0 atom stereocenters. The van der Waals surface area contributed by atoms with Gasteiger partial charge in [0.2, 0.25) is 5.91 Å². The van der Waals surface area contributed by atoms with Crippen LogP contribution < -0.4 is 5.73 Å². The van der Waals surface area contributed by atoms with Gasteiger partial charge in [0.15, 0.2) is 0 Å². The third-order valence-electron chi connectivity index (χ3n) is 2.68. The van der Waals surface area contributed by atoms with Gasteiger partial charge < -0.3 is 10.6 Å². The quantitative estimate of drug-likeness (QED) is 0.764. The first kappa shape index (κ1) is 13.6. The van der Waals surface area contributed by atoms with Crippen LogP contribution in [-0.2, 0) is 11.3 Å². The van der Waals surface area contributed by atoms with E-state index in [1.165, 1.54) is 4.68 Å². The highest BCUT2D eigenvalue weighted by atomic mass is 16.2. The molecule has 6 heteroatoms. The van der Waals surface area contributed by atoms with Gasteiger partial charge >= 0.3 is 0 Å². The third-order valence-corrected chi connectivity index (χ3v) is 2.68. The highest BCUT2D eigenvalue weighted by Gasteiger charge is 2.22. The Morgan fingerprint density at radius 2 is 2.24 bits per heavy atom. The summed E-state index contributed by atoms with van der Waals surface area (Å²) in [6.45, 7) is 8.20. The minimum absolute atomic E-state index is 0.0412. The van der Waals surface area contributed by atoms with Crippen LogP contribution in [0, 0.1) is 5.41 Å². The maximum absolute atomic E-state index is 12.0. The number of nitrogens with two attached hydrogens (primary N) is 1. The van der Waals surface area contributed by atoms with Crippen LogP contribution >= 0.6 is 0 Å². The van der Waals surface area contributed by atoms with Crippen molar-refractivity contribution in [3.05, 3.63) is 12.4 Å². The first-order valence-corrected chi connectivity index (χ1v) is 5.80. The van der Waals surface area contributed by atoms with Crippen molar-refractivity contribution in [3.63, 3.8) is 0 Å². The van der Waals surface area contributed by atoms with Crippen LogP contribution in [0.4, 0.5) is 0 Å². The fraction of sp³-hybridized carbons (Fsp3) is 0.727. The zero-order valence-electron chi connectivity index (χ0n) is 10.8. The van der Waals surface area contributed by atoms with E-state index in [1.807, 2.05) is 6.92 Å². The van der Waals surface area contributed by atoms with Crippen LogP contribution in [0.25, 0.3) is 0 Å². The first-order chi connectivity index (χ1) is 7.98. The average molecular weight is 239 g/mol. The summed E-state index contributed by atoms with van der Waals surface area (Å²) in [6, 6.07) is 0. The van der Waals surface area contributed by atoms with E-state index in [0.717, 1.165) is 0 Å². The van der Waals surface area contributed by atoms with Gasteiger partial charge in [-0.1, -0.05) is 19.1 Å². The summed E-state index contributed by atoms with van der Waals surface area (Å²) in [6.07, 6.45) is 3.24. The molecule has 0 saturated carbocycles. The van der Waals surface area contributed by atoms with E-state index in [4.69, 9.17) is 5.73 Å². The Kier molecular flexibility index (Phi) is 4.62. The average Bonchev–Trinajstić information content (AvgIpc) is 2.78. The fourth-order valence-electron chi connectivity index (χ4n) is 1.51. The predicted molar refractivity (Wildman–Crippen MR) is 65.1 cm³/mol. The number of likely N-dealkylation sites (N-methyl/N-ethyl adjacent to an activating group) is 1. The summed E-state index contributed by atoms with van der Waals surface area (Å²) in [5.41, 5.74) is 5.62. The molecule has 6 nitrogen and oxygen atoms in total. The number of rotatable bonds is 6. The zero-order valence-corrected chi connectivity index (χ0v) is 10.8. The van der Waals surface area contributed by atoms with E-state index >= 15 is 0 Å². The predicted octanol–water partition coefficient (Wildman–Crippen LogP) is 0.112. The molecule has 17 heavy (non-hydrogen) atoms. The molecule has 1 aromatic rings. The van der Waals surface area contributed by atoms with E-state index in [9.17, 15) is 4.79 Å². The molecule has 1 heterocycles. The van der Waals surface area contributed by atoms with E-state index in [-0.39, 0.29) is 17.9 Å². The Labute approximate surface area is 102 Å². The summed E-state index contributed by atoms with van der Waals surface area (Å²) in [4.78, 5) is 13.8. The van der Waals surface area contributed by atoms with Crippen molar-refractivity contribution in [3.8, 4) is 0 Å². The molecule has 0 aliphatic rings. The van der Waals surface area contributed by atoms with Crippen LogP contribution in [0.5, 0.6) is 0 Å². The lowest BCUT2D eigenvalue weighted by molar-refractivity contribution is -0.133. The molecule has 0 bridgehead atoms. The molecule has 1 amide bonds. The maximum atomic E-state index is 12.0. The minimum Gasteiger partial charge on any atom is -0.341 e. The van der Waals surface area contributed by atoms with E-state index in [1.54, 1.807) is 17.3 Å². The smallest absolute Gasteiger partial charge is 0.244 e. The van der Waals surface area contributed by atoms with Crippen LogP contribution in [0.3, 0.4) is 0 Å². The standard InChI is InChI=1S/C11H21N5O/c1-4-15(9-11(2,3)8-12)10(17)7-16-6-5-13-14-16/h5-6H,4,7-9,12H2,1-3H3. The normalized spacial score (nSPS) is 11.5. The summed E-state index contributed by atoms with van der Waals surface area (Å²) in [5, 5.41) is 7.46. The Morgan fingerprint density at radius 1 is 1.53 bits per heavy atom. The summed E-state index contributed by atoms with van der Waals surface area (Å²) in [7, 11) is 0. The van der Waals surface area contributed by atoms with Gasteiger partial charge in [-0.25, -0.2) is 4.68 Å². The van der Waals surface area contributed by atoms with Crippen molar-refractivity contribution in [2.24, 2.45) is 11.1 Å². The van der Waals surface area contributed by atoms with Gasteiger partial charge in [0, 0.05) is 19.3 Å². The Balaban J connectivity index is 2.58. The molecule has 0 saturated heterocycles. The van der Waals surface area contributed by atoms with Crippen molar-refractivity contribution in [2.45, 2.75) is 27.3 Å². The number of aromatic nitrogens is 3. The second-order valence-electron chi connectivity index (χ2n) is 4.88. The molecule has 0 fully saturated rings. The maximum Gasteiger partial charge on any atom is 0.244 e. The number of hydrogen-bond acceptors (Lipinski definition) is 4. The van der Waals surface area contributed by atoms with Gasteiger partial charge in [0.1, 0.15) is 6.54 Å². The van der Waals surface area contributed by atoms with Crippen LogP contribution in [0.1, 0.15) is 20.8 Å². The largest absolute Gasteiger partial charge is 0.341 e. The van der Waals surface area contributed by atoms with Gasteiger partial charge in [-0.3, -0.25) is 4.79 Å².